The van der Waals surface area contributed by atoms with Crippen LogP contribution in [-0.4, -0.2) is 40.3 Å². The number of nitrogens with one attached hydrogen (secondary N) is 1. The van der Waals surface area contributed by atoms with Crippen molar-refractivity contribution in [3.63, 3.8) is 0 Å². The first kappa shape index (κ1) is 24.3. The first-order valence-electron chi connectivity index (χ1n) is 9.44. The molecule has 0 radical (unpaired) electrons. The molecular weight excluding hydrogens is 383 g/mol. The normalized spacial score (nSPS) is 15.6. The molecule has 1 rings (SSSR count). The molecule has 1 aromatic carbocycles. The Labute approximate surface area is 166 Å². The van der Waals surface area contributed by atoms with Crippen molar-refractivity contribution in [2.75, 3.05) is 6.54 Å². The molecule has 0 aliphatic heterocycles. The Hall–Kier alpha value is -1.73. The largest absolute Gasteiger partial charge is 0.479 e. The fraction of sp³-hybridized carbons (Fsp3) is 0.579. The molecule has 0 fully saturated rings. The molecule has 0 spiro atoms. The van der Waals surface area contributed by atoms with E-state index in [1.807, 2.05) is 30.3 Å². The number of carbonyl (C=O) groups excluding carboxylic acids is 1. The second-order valence-electron chi connectivity index (χ2n) is 7.02. The average Bonchev–Trinajstić information content (AvgIpc) is 2.64. The van der Waals surface area contributed by atoms with Crippen LogP contribution in [0.25, 0.3) is 0 Å². The van der Waals surface area contributed by atoms with Gasteiger partial charge in [0.25, 0.3) is 0 Å². The number of amides is 1. The maximum Gasteiger partial charge on any atom is 0.351 e. The number of carboxylic acids is 1. The van der Waals surface area contributed by atoms with E-state index in [-0.39, 0.29) is 12.8 Å². The van der Waals surface area contributed by atoms with E-state index >= 15 is 0 Å². The van der Waals surface area contributed by atoms with Crippen molar-refractivity contribution in [2.24, 2.45) is 11.7 Å². The Morgan fingerprint density at radius 2 is 1.86 bits per heavy atom. The number of hydrogen-bond acceptors (Lipinski definition) is 5. The maximum atomic E-state index is 12.7. The van der Waals surface area contributed by atoms with Crippen LogP contribution in [0.3, 0.4) is 0 Å². The number of hydrogen-bond donors (Lipinski definition) is 4. The summed E-state index contributed by atoms with van der Waals surface area (Å²) in [7, 11) is -4.41. The first-order chi connectivity index (χ1) is 13.2. The zero-order chi connectivity index (χ0) is 21.2. The fourth-order valence-corrected chi connectivity index (χ4v) is 4.46. The Balaban J connectivity index is 2.73. The van der Waals surface area contributed by atoms with Gasteiger partial charge in [-0.3, -0.25) is 13.9 Å². The topological polar surface area (TPSA) is 139 Å². The van der Waals surface area contributed by atoms with Gasteiger partial charge in [-0.1, -0.05) is 44.2 Å². The van der Waals surface area contributed by atoms with E-state index in [0.29, 0.717) is 25.8 Å². The van der Waals surface area contributed by atoms with Gasteiger partial charge in [0.05, 0.1) is 0 Å². The minimum atomic E-state index is -4.41. The van der Waals surface area contributed by atoms with Gasteiger partial charge in [0, 0.05) is 6.42 Å². The molecule has 0 bridgehead atoms. The van der Waals surface area contributed by atoms with Crippen molar-refractivity contribution < 1.29 is 28.7 Å². The molecule has 5 N–H and O–H groups in total. The summed E-state index contributed by atoms with van der Waals surface area (Å²) < 4.78 is 17.8. The van der Waals surface area contributed by atoms with Gasteiger partial charge in [-0.25, -0.2) is 4.79 Å². The molecule has 1 aromatic rings. The van der Waals surface area contributed by atoms with E-state index in [1.54, 1.807) is 13.8 Å². The zero-order valence-corrected chi connectivity index (χ0v) is 17.3. The first-order valence-corrected chi connectivity index (χ1v) is 11.1. The SMILES string of the molecule is CC(C)[C@@H](NC(=O)CCc1ccccc1)P(=O)(O)O[C@H](CCCCN)C(=O)O. The number of nitrogens with two attached hydrogens (primary N) is 1. The van der Waals surface area contributed by atoms with Crippen LogP contribution < -0.4 is 11.1 Å². The highest BCUT2D eigenvalue weighted by Gasteiger charge is 2.40. The van der Waals surface area contributed by atoms with Crippen LogP contribution >= 0.6 is 7.60 Å². The van der Waals surface area contributed by atoms with Crippen LogP contribution in [0.5, 0.6) is 0 Å². The monoisotopic (exact) mass is 414 g/mol. The Morgan fingerprint density at radius 1 is 1.21 bits per heavy atom. The highest BCUT2D eigenvalue weighted by Crippen LogP contribution is 2.50. The molecule has 9 heteroatoms. The number of aryl methyl sites for hydroxylation is 1. The number of carboxylic acid groups (broad SMARTS) is 1. The summed E-state index contributed by atoms with van der Waals surface area (Å²) >= 11 is 0. The third-order valence-electron chi connectivity index (χ3n) is 4.25. The van der Waals surface area contributed by atoms with Crippen molar-refractivity contribution >= 4 is 19.5 Å². The van der Waals surface area contributed by atoms with Crippen LogP contribution in [0.15, 0.2) is 30.3 Å². The Morgan fingerprint density at radius 3 is 2.39 bits per heavy atom. The second kappa shape index (κ2) is 12.0. The molecule has 0 aliphatic carbocycles. The number of carbonyl (C=O) groups is 2. The Bertz CT molecular complexity index is 668. The van der Waals surface area contributed by atoms with Gasteiger partial charge in [-0.15, -0.1) is 0 Å². The summed E-state index contributed by atoms with van der Waals surface area (Å²) in [5, 5.41) is 11.8. The number of aliphatic carboxylic acids is 1. The Kier molecular flexibility index (Phi) is 10.4. The molecule has 158 valence electrons. The molecular formula is C19H31N2O6P. The number of benzene rings is 1. The predicted octanol–water partition coefficient (Wildman–Crippen LogP) is 2.50. The zero-order valence-electron chi connectivity index (χ0n) is 16.4. The minimum Gasteiger partial charge on any atom is -0.479 e. The fourth-order valence-electron chi connectivity index (χ4n) is 2.71. The quantitative estimate of drug-likeness (QED) is 0.287. The molecule has 1 amide bonds. The van der Waals surface area contributed by atoms with Crippen molar-refractivity contribution in [1.82, 2.24) is 5.32 Å². The van der Waals surface area contributed by atoms with E-state index in [9.17, 15) is 24.2 Å². The van der Waals surface area contributed by atoms with Gasteiger partial charge in [0.1, 0.15) is 5.78 Å². The summed E-state index contributed by atoms with van der Waals surface area (Å²) in [5.74, 6) is -3.32. The summed E-state index contributed by atoms with van der Waals surface area (Å²) in [6, 6.07) is 9.41. The van der Waals surface area contributed by atoms with Gasteiger partial charge < -0.3 is 21.1 Å². The third kappa shape index (κ3) is 8.52. The van der Waals surface area contributed by atoms with Gasteiger partial charge in [-0.2, -0.15) is 0 Å². The highest BCUT2D eigenvalue weighted by molar-refractivity contribution is 7.53. The number of unbranched alkanes of at least 4 members (excludes halogenated alkanes) is 1. The molecule has 8 nitrogen and oxygen atoms in total. The third-order valence-corrected chi connectivity index (χ3v) is 6.23. The van der Waals surface area contributed by atoms with Gasteiger partial charge >= 0.3 is 13.6 Å². The second-order valence-corrected chi connectivity index (χ2v) is 8.92. The van der Waals surface area contributed by atoms with Crippen molar-refractivity contribution in [1.29, 1.82) is 0 Å². The van der Waals surface area contributed by atoms with Gasteiger partial charge in [0.2, 0.25) is 5.91 Å². The smallest absolute Gasteiger partial charge is 0.351 e. The molecule has 28 heavy (non-hydrogen) atoms. The van der Waals surface area contributed by atoms with E-state index in [4.69, 9.17) is 10.3 Å². The van der Waals surface area contributed by atoms with E-state index in [0.717, 1.165) is 5.56 Å². The lowest BCUT2D eigenvalue weighted by atomic mass is 10.1. The lowest BCUT2D eigenvalue weighted by Gasteiger charge is -2.28. The molecule has 1 unspecified atom stereocenters. The van der Waals surface area contributed by atoms with Gasteiger partial charge in [-0.05, 0) is 43.7 Å². The van der Waals surface area contributed by atoms with Crippen LogP contribution in [0, 0.1) is 5.92 Å². The van der Waals surface area contributed by atoms with Crippen LogP contribution in [-0.2, 0) is 25.1 Å². The van der Waals surface area contributed by atoms with Crippen LogP contribution in [0.4, 0.5) is 0 Å². The number of rotatable bonds is 13. The summed E-state index contributed by atoms with van der Waals surface area (Å²) in [4.78, 5) is 34.0. The van der Waals surface area contributed by atoms with E-state index in [2.05, 4.69) is 5.32 Å². The standard InChI is InChI=1S/C19H31N2O6P/c1-14(2)18(21-17(22)12-11-15-8-4-3-5-9-15)28(25,26)27-16(19(23)24)10-6-7-13-20/h3-5,8-9,14,16,18H,6-7,10-13,20H2,1-2H3,(H,21,22)(H,23,24)(H,25,26)/t16-,18+/m1/s1. The lowest BCUT2D eigenvalue weighted by Crippen LogP contribution is -2.40. The molecule has 0 aromatic heterocycles. The molecule has 0 heterocycles. The van der Waals surface area contributed by atoms with E-state index in [1.165, 1.54) is 0 Å². The highest BCUT2D eigenvalue weighted by atomic mass is 31.2. The maximum absolute atomic E-state index is 12.7. The van der Waals surface area contributed by atoms with Crippen LogP contribution in [0.1, 0.15) is 45.1 Å². The molecule has 0 saturated carbocycles. The van der Waals surface area contributed by atoms with Gasteiger partial charge in [0.15, 0.2) is 6.10 Å². The molecule has 0 aliphatic rings. The van der Waals surface area contributed by atoms with Crippen molar-refractivity contribution in [3.8, 4) is 0 Å². The lowest BCUT2D eigenvalue weighted by molar-refractivity contribution is -0.145. The average molecular weight is 414 g/mol. The van der Waals surface area contributed by atoms with Crippen LogP contribution in [0.2, 0.25) is 0 Å². The molecule has 3 atom stereocenters. The summed E-state index contributed by atoms with van der Waals surface area (Å²) in [6.07, 6.45) is 0.335. The minimum absolute atomic E-state index is 0.0733. The predicted molar refractivity (Wildman–Crippen MR) is 107 cm³/mol. The van der Waals surface area contributed by atoms with Crippen molar-refractivity contribution in [2.45, 2.75) is 57.8 Å². The van der Waals surface area contributed by atoms with Crippen molar-refractivity contribution in [3.05, 3.63) is 35.9 Å². The summed E-state index contributed by atoms with van der Waals surface area (Å²) in [6.45, 7) is 3.73. The van der Waals surface area contributed by atoms with E-state index < -0.39 is 37.3 Å². The molecule has 0 saturated heterocycles. The summed E-state index contributed by atoms with van der Waals surface area (Å²) in [5.41, 5.74) is 6.37.